The molecule has 0 aliphatic carbocycles. The minimum Gasteiger partial charge on any atom is -0.320 e. The fraction of sp³-hybridized carbons (Fsp3) is 0.500. The van der Waals surface area contributed by atoms with E-state index in [1.54, 1.807) is 9.36 Å². The number of benzene rings is 1. The summed E-state index contributed by atoms with van der Waals surface area (Å²) in [6.45, 7) is 4.04. The average Bonchev–Trinajstić information content (AvgIpc) is 2.82. The molecule has 1 heterocycles. The van der Waals surface area contributed by atoms with Gasteiger partial charge in [-0.3, -0.25) is 14.3 Å². The number of para-hydroxylation sites is 1. The van der Waals surface area contributed by atoms with E-state index >= 15 is 0 Å². The van der Waals surface area contributed by atoms with Gasteiger partial charge in [-0.05, 0) is 25.5 Å². The van der Waals surface area contributed by atoms with E-state index in [0.717, 1.165) is 24.2 Å². The lowest BCUT2D eigenvalue weighted by Crippen LogP contribution is -2.22. The van der Waals surface area contributed by atoms with Crippen LogP contribution in [0.3, 0.4) is 0 Å². The van der Waals surface area contributed by atoms with Crippen molar-refractivity contribution in [3.8, 4) is 5.69 Å². The maximum atomic E-state index is 12.7. The predicted octanol–water partition coefficient (Wildman–Crippen LogP) is 4.17. The lowest BCUT2D eigenvalue weighted by atomic mass is 10.1. The molecule has 5 heteroatoms. The number of nitrogens with zero attached hydrogens (tertiary/aromatic N) is 2. The molecule has 0 aliphatic heterocycles. The van der Waals surface area contributed by atoms with E-state index in [4.69, 9.17) is 0 Å². The van der Waals surface area contributed by atoms with Crippen LogP contribution >= 0.6 is 0 Å². The molecule has 0 radical (unpaired) electrons. The smallest absolute Gasteiger partial charge is 0.295 e. The minimum absolute atomic E-state index is 0.0819. The topological polar surface area (TPSA) is 56.0 Å². The van der Waals surface area contributed by atoms with Gasteiger partial charge in [-0.1, -0.05) is 57.2 Å². The fourth-order valence-electron chi connectivity index (χ4n) is 2.98. The van der Waals surface area contributed by atoms with Crippen molar-refractivity contribution in [1.29, 1.82) is 0 Å². The molecule has 0 bridgehead atoms. The molecule has 0 saturated carbocycles. The van der Waals surface area contributed by atoms with Crippen LogP contribution in [0.25, 0.3) is 5.69 Å². The van der Waals surface area contributed by atoms with Crippen LogP contribution in [0.1, 0.15) is 57.6 Å². The molecule has 0 atom stereocenters. The molecule has 0 fully saturated rings. The normalized spacial score (nSPS) is 10.8. The highest BCUT2D eigenvalue weighted by molar-refractivity contribution is 5.91. The summed E-state index contributed by atoms with van der Waals surface area (Å²) in [5.41, 5.74) is 1.73. The molecule has 1 aromatic heterocycles. The summed E-state index contributed by atoms with van der Waals surface area (Å²) in [4.78, 5) is 24.9. The second-order valence-corrected chi connectivity index (χ2v) is 6.50. The fourth-order valence-corrected chi connectivity index (χ4v) is 2.98. The first-order valence-corrected chi connectivity index (χ1v) is 9.20. The Morgan fingerprint density at radius 1 is 1.04 bits per heavy atom. The zero-order valence-electron chi connectivity index (χ0n) is 15.5. The number of rotatable bonds is 9. The van der Waals surface area contributed by atoms with Gasteiger partial charge >= 0.3 is 0 Å². The summed E-state index contributed by atoms with van der Waals surface area (Å²) in [7, 11) is 1.83. The molecule has 2 rings (SSSR count). The Bertz CT molecular complexity index is 744. The Morgan fingerprint density at radius 3 is 2.36 bits per heavy atom. The van der Waals surface area contributed by atoms with Gasteiger partial charge in [0.15, 0.2) is 0 Å². The Kier molecular flexibility index (Phi) is 7.04. The Morgan fingerprint density at radius 2 is 1.68 bits per heavy atom. The van der Waals surface area contributed by atoms with Crippen LogP contribution < -0.4 is 10.9 Å². The van der Waals surface area contributed by atoms with E-state index in [1.165, 1.54) is 25.7 Å². The third kappa shape index (κ3) is 4.84. The first-order chi connectivity index (χ1) is 12.1. The number of unbranched alkanes of at least 4 members (excludes halogenated alkanes) is 5. The molecule has 2 aromatic rings. The lowest BCUT2D eigenvalue weighted by molar-refractivity contribution is -0.116. The second kappa shape index (κ2) is 9.25. The Labute approximate surface area is 149 Å². The quantitative estimate of drug-likeness (QED) is 0.695. The van der Waals surface area contributed by atoms with E-state index in [-0.39, 0.29) is 11.5 Å². The van der Waals surface area contributed by atoms with Gasteiger partial charge in [-0.2, -0.15) is 0 Å². The molecule has 0 spiro atoms. The van der Waals surface area contributed by atoms with Crippen LogP contribution in [0.4, 0.5) is 5.69 Å². The summed E-state index contributed by atoms with van der Waals surface area (Å²) in [5, 5.41) is 2.82. The molecule has 0 saturated heterocycles. The van der Waals surface area contributed by atoms with Crippen LogP contribution in [0.5, 0.6) is 0 Å². The molecular weight excluding hydrogens is 314 g/mol. The summed E-state index contributed by atoms with van der Waals surface area (Å²) in [6.07, 6.45) is 7.29. The number of nitrogens with one attached hydrogen (secondary N) is 1. The van der Waals surface area contributed by atoms with Crippen molar-refractivity contribution < 1.29 is 4.79 Å². The van der Waals surface area contributed by atoms with Crippen molar-refractivity contribution >= 4 is 11.6 Å². The van der Waals surface area contributed by atoms with Gasteiger partial charge in [-0.25, -0.2) is 4.68 Å². The van der Waals surface area contributed by atoms with E-state index < -0.39 is 0 Å². The van der Waals surface area contributed by atoms with Crippen molar-refractivity contribution in [2.24, 2.45) is 7.05 Å². The van der Waals surface area contributed by atoms with Gasteiger partial charge < -0.3 is 5.32 Å². The zero-order valence-corrected chi connectivity index (χ0v) is 15.5. The number of hydrogen-bond donors (Lipinski definition) is 1. The highest BCUT2D eigenvalue weighted by Crippen LogP contribution is 2.15. The van der Waals surface area contributed by atoms with Crippen LogP contribution in [0, 0.1) is 6.92 Å². The monoisotopic (exact) mass is 343 g/mol. The van der Waals surface area contributed by atoms with Crippen LogP contribution in [-0.2, 0) is 11.8 Å². The van der Waals surface area contributed by atoms with Gasteiger partial charge in [-0.15, -0.1) is 0 Å². The van der Waals surface area contributed by atoms with Gasteiger partial charge in [0.05, 0.1) is 11.4 Å². The van der Waals surface area contributed by atoms with Crippen molar-refractivity contribution in [3.05, 3.63) is 46.4 Å². The number of carbonyl (C=O) groups is 1. The van der Waals surface area contributed by atoms with E-state index in [2.05, 4.69) is 12.2 Å². The average molecular weight is 343 g/mol. The highest BCUT2D eigenvalue weighted by Gasteiger charge is 2.17. The Balaban J connectivity index is 2.01. The summed E-state index contributed by atoms with van der Waals surface area (Å²) in [5.74, 6) is -0.0819. The summed E-state index contributed by atoms with van der Waals surface area (Å²) in [6, 6.07) is 9.45. The molecule has 1 amide bonds. The highest BCUT2D eigenvalue weighted by atomic mass is 16.2. The predicted molar refractivity (Wildman–Crippen MR) is 102 cm³/mol. The molecule has 1 aromatic carbocycles. The lowest BCUT2D eigenvalue weighted by Gasteiger charge is -2.07. The number of carbonyl (C=O) groups excluding carboxylic acids is 1. The largest absolute Gasteiger partial charge is 0.320 e. The molecule has 1 N–H and O–H groups in total. The van der Waals surface area contributed by atoms with E-state index in [9.17, 15) is 9.59 Å². The summed E-state index contributed by atoms with van der Waals surface area (Å²) < 4.78 is 3.35. The van der Waals surface area contributed by atoms with Crippen molar-refractivity contribution in [2.75, 3.05) is 5.32 Å². The molecule has 136 valence electrons. The minimum atomic E-state index is -0.192. The first-order valence-electron chi connectivity index (χ1n) is 9.20. The maximum Gasteiger partial charge on any atom is 0.295 e. The first kappa shape index (κ1) is 19.0. The molecule has 0 aliphatic rings. The SMILES string of the molecule is CCCCCCCCC(=O)Nc1c(C)n(C)n(-c2ccccc2)c1=O. The molecule has 5 nitrogen and oxygen atoms in total. The van der Waals surface area contributed by atoms with Gasteiger partial charge in [0, 0.05) is 13.5 Å². The van der Waals surface area contributed by atoms with Gasteiger partial charge in [0.25, 0.3) is 5.56 Å². The number of aromatic nitrogens is 2. The molecular formula is C20H29N3O2. The standard InChI is InChI=1S/C20H29N3O2/c1-4-5-6-7-8-12-15-18(24)21-19-16(2)22(3)23(20(19)25)17-13-10-9-11-14-17/h9-11,13-14H,4-8,12,15H2,1-3H3,(H,21,24). The second-order valence-electron chi connectivity index (χ2n) is 6.50. The van der Waals surface area contributed by atoms with Crippen LogP contribution in [0.15, 0.2) is 35.1 Å². The van der Waals surface area contributed by atoms with Crippen molar-refractivity contribution in [1.82, 2.24) is 9.36 Å². The van der Waals surface area contributed by atoms with Gasteiger partial charge in [0.2, 0.25) is 5.91 Å². The third-order valence-electron chi connectivity index (χ3n) is 4.58. The maximum absolute atomic E-state index is 12.7. The molecule has 25 heavy (non-hydrogen) atoms. The number of anilines is 1. The molecule has 0 unspecified atom stereocenters. The Hall–Kier alpha value is -2.30. The van der Waals surface area contributed by atoms with Crippen LogP contribution in [0.2, 0.25) is 0 Å². The van der Waals surface area contributed by atoms with Crippen molar-refractivity contribution in [2.45, 2.75) is 58.8 Å². The summed E-state index contributed by atoms with van der Waals surface area (Å²) >= 11 is 0. The van der Waals surface area contributed by atoms with Crippen molar-refractivity contribution in [3.63, 3.8) is 0 Å². The zero-order chi connectivity index (χ0) is 18.2. The number of hydrogen-bond acceptors (Lipinski definition) is 2. The van der Waals surface area contributed by atoms with E-state index in [1.807, 2.05) is 44.3 Å². The van der Waals surface area contributed by atoms with Crippen LogP contribution in [-0.4, -0.2) is 15.3 Å². The third-order valence-corrected chi connectivity index (χ3v) is 4.58. The van der Waals surface area contributed by atoms with E-state index in [0.29, 0.717) is 12.1 Å². The van der Waals surface area contributed by atoms with Gasteiger partial charge in [0.1, 0.15) is 5.69 Å². The number of amides is 1.